The number of benzene rings is 1. The molecule has 1 saturated heterocycles. The van der Waals surface area contributed by atoms with E-state index in [9.17, 15) is 9.59 Å². The van der Waals surface area contributed by atoms with Crippen molar-refractivity contribution < 1.29 is 19.1 Å². The smallest absolute Gasteiger partial charge is 0.408 e. The summed E-state index contributed by atoms with van der Waals surface area (Å²) in [5.41, 5.74) is 3.51. The van der Waals surface area contributed by atoms with Crippen molar-refractivity contribution in [3.63, 3.8) is 0 Å². The van der Waals surface area contributed by atoms with Crippen LogP contribution in [0.3, 0.4) is 0 Å². The van der Waals surface area contributed by atoms with E-state index in [1.54, 1.807) is 0 Å². The summed E-state index contributed by atoms with van der Waals surface area (Å²) in [4.78, 5) is 42.7. The van der Waals surface area contributed by atoms with Crippen LogP contribution < -0.4 is 20.9 Å². The summed E-state index contributed by atoms with van der Waals surface area (Å²) in [5.74, 6) is 3.00. The lowest BCUT2D eigenvalue weighted by atomic mass is 9.92. The van der Waals surface area contributed by atoms with Crippen molar-refractivity contribution >= 4 is 29.5 Å². The van der Waals surface area contributed by atoms with Crippen molar-refractivity contribution in [2.24, 2.45) is 0 Å². The molecule has 2 aliphatic rings. The Morgan fingerprint density at radius 3 is 2.57 bits per heavy atom. The van der Waals surface area contributed by atoms with Crippen molar-refractivity contribution in [1.29, 1.82) is 0 Å². The second-order valence-corrected chi connectivity index (χ2v) is 12.8. The lowest BCUT2D eigenvalue weighted by molar-refractivity contribution is -0.158. The van der Waals surface area contributed by atoms with Gasteiger partial charge in [-0.2, -0.15) is 0 Å². The number of rotatable bonds is 11. The van der Waals surface area contributed by atoms with Crippen LogP contribution in [0.25, 0.3) is 0 Å². The largest absolute Gasteiger partial charge is 0.458 e. The van der Waals surface area contributed by atoms with E-state index in [0.29, 0.717) is 24.0 Å². The van der Waals surface area contributed by atoms with Gasteiger partial charge in [0.25, 0.3) is 0 Å². The van der Waals surface area contributed by atoms with Gasteiger partial charge >= 0.3 is 12.1 Å². The van der Waals surface area contributed by atoms with E-state index >= 15 is 0 Å². The molecule has 11 heteroatoms. The van der Waals surface area contributed by atoms with E-state index in [1.807, 2.05) is 65.0 Å². The van der Waals surface area contributed by atoms with E-state index in [4.69, 9.17) is 19.4 Å². The molecule has 1 amide bonds. The standard InChI is InChI=1S/C35H47N7O4/c1-6-35(4,5)46-33(43)29(41-34(44)45-22-25-11-8-7-9-12-25)21-37-30-23(2)32(39-24(3)38-30)42-19-16-26(17-20-42)28-15-14-27-13-10-18-36-31(27)40-28/h7-9,11-12,14-15,26,29H,6,10,13,16-22H2,1-5H3,(H,36,40)(H,41,44)(H,37,38,39). The van der Waals surface area contributed by atoms with E-state index < -0.39 is 23.7 Å². The molecule has 1 atom stereocenters. The first-order valence-electron chi connectivity index (χ1n) is 16.4. The van der Waals surface area contributed by atoms with E-state index in [2.05, 4.69) is 38.0 Å². The van der Waals surface area contributed by atoms with E-state index in [-0.39, 0.29) is 13.2 Å². The zero-order valence-corrected chi connectivity index (χ0v) is 27.7. The topological polar surface area (TPSA) is 131 Å². The number of pyridine rings is 1. The molecule has 0 aliphatic carbocycles. The summed E-state index contributed by atoms with van der Waals surface area (Å²) < 4.78 is 11.2. The molecule has 5 rings (SSSR count). The van der Waals surface area contributed by atoms with Gasteiger partial charge < -0.3 is 30.3 Å². The molecular weight excluding hydrogens is 582 g/mol. The van der Waals surface area contributed by atoms with Crippen LogP contribution in [0.15, 0.2) is 42.5 Å². The Labute approximate surface area is 271 Å². The molecule has 2 aromatic heterocycles. The molecule has 11 nitrogen and oxygen atoms in total. The molecule has 0 spiro atoms. The molecular formula is C35H47N7O4. The SMILES string of the molecule is CCC(C)(C)OC(=O)C(CNc1nc(C)nc(N2CCC(c3ccc4c(n3)NCCC4)CC2)c1C)NC(=O)OCc1ccccc1. The Morgan fingerprint density at radius 1 is 1.07 bits per heavy atom. The normalized spacial score (nSPS) is 15.7. The van der Waals surface area contributed by atoms with Gasteiger partial charge in [-0.25, -0.2) is 24.5 Å². The number of aromatic nitrogens is 3. The molecule has 1 fully saturated rings. The Hall–Kier alpha value is -4.41. The van der Waals surface area contributed by atoms with Crippen molar-refractivity contribution in [3.8, 4) is 0 Å². The Balaban J connectivity index is 1.24. The van der Waals surface area contributed by atoms with Crippen LogP contribution in [0.5, 0.6) is 0 Å². The minimum atomic E-state index is -0.999. The van der Waals surface area contributed by atoms with Crippen LogP contribution in [0, 0.1) is 13.8 Å². The fraction of sp³-hybridized carbons (Fsp3) is 0.514. The number of carbonyl (C=O) groups excluding carboxylic acids is 2. The summed E-state index contributed by atoms with van der Waals surface area (Å²) in [6.45, 7) is 12.3. The molecule has 4 heterocycles. The van der Waals surface area contributed by atoms with E-state index in [1.165, 1.54) is 5.56 Å². The van der Waals surface area contributed by atoms with Crippen LogP contribution in [0.4, 0.5) is 22.2 Å². The molecule has 1 aromatic carbocycles. The van der Waals surface area contributed by atoms with Crippen LogP contribution in [-0.2, 0) is 27.3 Å². The number of anilines is 3. The van der Waals surface area contributed by atoms with Crippen molar-refractivity contribution in [1.82, 2.24) is 20.3 Å². The highest BCUT2D eigenvalue weighted by atomic mass is 16.6. The Bertz CT molecular complexity index is 1510. The van der Waals surface area contributed by atoms with Crippen LogP contribution in [0.2, 0.25) is 0 Å². The molecule has 1 unspecified atom stereocenters. The number of nitrogens with one attached hydrogen (secondary N) is 3. The molecule has 46 heavy (non-hydrogen) atoms. The average Bonchev–Trinajstić information content (AvgIpc) is 3.07. The third-order valence-electron chi connectivity index (χ3n) is 8.85. The number of piperidine rings is 1. The number of esters is 1. The number of hydrogen-bond donors (Lipinski definition) is 3. The lowest BCUT2D eigenvalue weighted by Gasteiger charge is -2.34. The zero-order valence-electron chi connectivity index (χ0n) is 27.7. The number of amides is 1. The summed E-state index contributed by atoms with van der Waals surface area (Å²) in [6, 6.07) is 12.8. The number of aryl methyl sites for hydroxylation is 2. The number of nitrogens with zero attached hydrogens (tertiary/aromatic N) is 4. The maximum Gasteiger partial charge on any atom is 0.408 e. The lowest BCUT2D eigenvalue weighted by Crippen LogP contribution is -2.48. The van der Waals surface area contributed by atoms with Gasteiger partial charge in [-0.1, -0.05) is 43.3 Å². The van der Waals surface area contributed by atoms with Gasteiger partial charge in [0, 0.05) is 43.4 Å². The fourth-order valence-corrected chi connectivity index (χ4v) is 5.77. The summed E-state index contributed by atoms with van der Waals surface area (Å²) in [7, 11) is 0. The minimum absolute atomic E-state index is 0.0654. The van der Waals surface area contributed by atoms with Gasteiger partial charge in [0.15, 0.2) is 0 Å². The first kappa shape index (κ1) is 33.0. The Morgan fingerprint density at radius 2 is 1.83 bits per heavy atom. The number of carbonyl (C=O) groups is 2. The fourth-order valence-electron chi connectivity index (χ4n) is 5.77. The predicted octanol–water partition coefficient (Wildman–Crippen LogP) is 5.67. The van der Waals surface area contributed by atoms with Gasteiger partial charge in [0.1, 0.15) is 41.5 Å². The second kappa shape index (κ2) is 14.8. The third kappa shape index (κ3) is 8.44. The third-order valence-corrected chi connectivity index (χ3v) is 8.85. The first-order chi connectivity index (χ1) is 22.1. The molecule has 246 valence electrons. The van der Waals surface area contributed by atoms with Gasteiger partial charge in [-0.05, 0) is 77.0 Å². The molecule has 0 saturated carbocycles. The highest BCUT2D eigenvalue weighted by molar-refractivity contribution is 5.82. The number of fused-ring (bicyclic) bond motifs is 1. The van der Waals surface area contributed by atoms with Gasteiger partial charge in [0.2, 0.25) is 0 Å². The molecule has 2 aliphatic heterocycles. The van der Waals surface area contributed by atoms with E-state index in [0.717, 1.165) is 73.8 Å². The number of alkyl carbamates (subject to hydrolysis) is 1. The van der Waals surface area contributed by atoms with Crippen LogP contribution >= 0.6 is 0 Å². The van der Waals surface area contributed by atoms with Gasteiger partial charge in [0.05, 0.1) is 0 Å². The van der Waals surface area contributed by atoms with Crippen LogP contribution in [0.1, 0.15) is 80.6 Å². The predicted molar refractivity (Wildman–Crippen MR) is 179 cm³/mol. The quantitative estimate of drug-likeness (QED) is 0.228. The highest BCUT2D eigenvalue weighted by Gasteiger charge is 2.30. The van der Waals surface area contributed by atoms with Crippen LogP contribution in [-0.4, -0.2) is 64.8 Å². The highest BCUT2D eigenvalue weighted by Crippen LogP contribution is 2.33. The first-order valence-corrected chi connectivity index (χ1v) is 16.4. The maximum absolute atomic E-state index is 13.3. The van der Waals surface area contributed by atoms with Gasteiger partial charge in [-0.3, -0.25) is 0 Å². The Kier molecular flexibility index (Phi) is 10.6. The number of ether oxygens (including phenoxy) is 2. The number of hydrogen-bond acceptors (Lipinski definition) is 10. The minimum Gasteiger partial charge on any atom is -0.458 e. The zero-order chi connectivity index (χ0) is 32.7. The van der Waals surface area contributed by atoms with Crippen molar-refractivity contribution in [2.75, 3.05) is 41.7 Å². The molecule has 3 N–H and O–H groups in total. The molecule has 0 radical (unpaired) electrons. The summed E-state index contributed by atoms with van der Waals surface area (Å²) in [6.07, 6.45) is 4.12. The van der Waals surface area contributed by atoms with Crippen molar-refractivity contribution in [3.05, 3.63) is 70.7 Å². The molecule has 0 bridgehead atoms. The monoisotopic (exact) mass is 629 g/mol. The average molecular weight is 630 g/mol. The second-order valence-electron chi connectivity index (χ2n) is 12.8. The van der Waals surface area contributed by atoms with Crippen molar-refractivity contribution in [2.45, 2.75) is 90.9 Å². The summed E-state index contributed by atoms with van der Waals surface area (Å²) >= 11 is 0. The molecule has 3 aromatic rings. The summed E-state index contributed by atoms with van der Waals surface area (Å²) in [5, 5.41) is 9.44. The van der Waals surface area contributed by atoms with Gasteiger partial charge in [-0.15, -0.1) is 0 Å². The maximum atomic E-state index is 13.3.